The summed E-state index contributed by atoms with van der Waals surface area (Å²) in [5.41, 5.74) is 12.8. The highest BCUT2D eigenvalue weighted by Crippen LogP contribution is 2.57. The highest BCUT2D eigenvalue weighted by molar-refractivity contribution is 6.33. The Kier molecular flexibility index (Phi) is 30.5. The van der Waals surface area contributed by atoms with E-state index in [1.807, 2.05) is 76.7 Å². The van der Waals surface area contributed by atoms with E-state index in [9.17, 15) is 34.6 Å². The van der Waals surface area contributed by atoms with Crippen molar-refractivity contribution >= 4 is 133 Å². The number of Topliss-reactive ketones (excluding diaryl/α,β-unsaturated/α-hetero) is 2. The quantitative estimate of drug-likeness (QED) is 0.0350. The number of piperidine rings is 5. The zero-order chi connectivity index (χ0) is 88.7. The fourth-order valence-electron chi connectivity index (χ4n) is 18.0. The maximum atomic E-state index is 13.1. The molecule has 0 atom stereocenters. The molecule has 8 aromatic rings. The number of halogens is 5. The number of nitrogens with two attached hydrogens (primary N) is 1. The van der Waals surface area contributed by atoms with E-state index in [0.717, 1.165) is 156 Å². The van der Waals surface area contributed by atoms with Crippen LogP contribution < -0.4 is 45.3 Å². The van der Waals surface area contributed by atoms with Crippen LogP contribution in [0.3, 0.4) is 0 Å². The van der Waals surface area contributed by atoms with Crippen LogP contribution in [0.15, 0.2) is 121 Å². The van der Waals surface area contributed by atoms with E-state index in [4.69, 9.17) is 83.1 Å². The lowest BCUT2D eigenvalue weighted by atomic mass is 9.93. The molecular formula is C92H112Cl5N19O11. The molecule has 13 fully saturated rings. The summed E-state index contributed by atoms with van der Waals surface area (Å²) in [4.78, 5) is 107. The van der Waals surface area contributed by atoms with Crippen molar-refractivity contribution in [1.29, 1.82) is 0 Å². The number of aromatic nitrogens is 8. The van der Waals surface area contributed by atoms with Crippen LogP contribution in [0.2, 0.25) is 25.8 Å². The third kappa shape index (κ3) is 25.1. The van der Waals surface area contributed by atoms with E-state index >= 15 is 0 Å². The highest BCUT2D eigenvalue weighted by atomic mass is 35.5. The van der Waals surface area contributed by atoms with Gasteiger partial charge >= 0.3 is 17.3 Å². The Morgan fingerprint density at radius 2 is 0.709 bits per heavy atom. The molecule has 0 unspecified atom stereocenters. The molecule has 0 bridgehead atoms. The number of morpholine rings is 3. The molecule has 676 valence electrons. The van der Waals surface area contributed by atoms with Gasteiger partial charge < -0.3 is 64.7 Å². The molecule has 8 aliphatic heterocycles. The van der Waals surface area contributed by atoms with E-state index in [2.05, 4.69) is 69.7 Å². The van der Waals surface area contributed by atoms with Gasteiger partial charge in [0.25, 0.3) is 0 Å². The van der Waals surface area contributed by atoms with Crippen molar-refractivity contribution in [1.82, 2.24) is 45.2 Å². The molecule has 0 aromatic carbocycles. The van der Waals surface area contributed by atoms with Gasteiger partial charge in [0, 0.05) is 134 Å². The SMILES string of the molecule is C1CC2(CCN1)CC2.Nc1ccc(Cl)nc1N1CCC2(CC1)CC2.O=C(Cc1ccc(Cl)nc1N1CCC2(CC1)CC2)c1cccc(N2CCOCC2)n1.O=C(Cc1cccnc1N1CCC2(CC1)CC2)c1cccc(N2CCOCC2)n1.O=C(O)c1cccc(N2CCOCC2)n1.O=[N+]([O-])c1ccc(Cl)nc1Cl.O=[N+]([O-])c1ccc(Cl)nc1N1CCC2(CC1)CC2. The number of ketones is 2. The van der Waals surface area contributed by atoms with Crippen LogP contribution in [0, 0.1) is 47.3 Å². The summed E-state index contributed by atoms with van der Waals surface area (Å²) in [6, 6.07) is 33.1. The van der Waals surface area contributed by atoms with Gasteiger partial charge in [0.2, 0.25) is 11.0 Å². The molecule has 35 heteroatoms. The van der Waals surface area contributed by atoms with Gasteiger partial charge in [-0.25, -0.2) is 44.7 Å². The molecule has 127 heavy (non-hydrogen) atoms. The van der Waals surface area contributed by atoms with Crippen LogP contribution in [0.1, 0.15) is 171 Å². The number of anilines is 8. The van der Waals surface area contributed by atoms with Crippen LogP contribution in [0.25, 0.3) is 0 Å². The number of hydrogen-bond acceptors (Lipinski definition) is 27. The number of carboxylic acid groups (broad SMARTS) is 1. The Balaban J connectivity index is 0.000000119. The lowest BCUT2D eigenvalue weighted by molar-refractivity contribution is -0.385. The minimum absolute atomic E-state index is 0.00570. The Hall–Kier alpha value is -9.50. The lowest BCUT2D eigenvalue weighted by Gasteiger charge is -2.34. The third-order valence-corrected chi connectivity index (χ3v) is 28.4. The Morgan fingerprint density at radius 1 is 0.370 bits per heavy atom. The number of carbonyl (C=O) groups excluding carboxylic acids is 2. The topological polar surface area (TPSA) is 349 Å². The summed E-state index contributed by atoms with van der Waals surface area (Å²) in [7, 11) is 0. The van der Waals surface area contributed by atoms with Gasteiger partial charge in [0.15, 0.2) is 23.1 Å². The molecule has 0 amide bonds. The smallest absolute Gasteiger partial charge is 0.354 e. The number of rotatable bonds is 16. The van der Waals surface area contributed by atoms with Crippen molar-refractivity contribution in [2.24, 2.45) is 27.1 Å². The third-order valence-electron chi connectivity index (χ3n) is 27.3. The molecule has 4 N–H and O–H groups in total. The summed E-state index contributed by atoms with van der Waals surface area (Å²) >= 11 is 28.8. The van der Waals surface area contributed by atoms with E-state index in [-0.39, 0.29) is 50.3 Å². The van der Waals surface area contributed by atoms with Crippen LogP contribution in [-0.4, -0.2) is 217 Å². The van der Waals surface area contributed by atoms with E-state index in [0.29, 0.717) is 106 Å². The standard InChI is InChI=1S/C23H27ClN4O2.C23H28N4O2.C12H14ClN3O2.C12H16ClN3.C10H12N2O3.C7H13N.C5H2Cl2N2O2/c24-20-5-4-17(22(26-20)28-10-8-23(6-7-23)9-11-28)16-19(29)18-2-1-3-21(25-18)27-12-14-30-15-13-27;28-20(19-4-1-5-21(25-19)26-13-15-29-16-14-26)17-18-3-2-10-24-22(18)27-11-8-23(6-7-23)9-12-27;13-10-2-1-9(16(17)18)11(14-10)15-7-5-12(3-4-12)6-8-15;13-10-2-1-9(14)11(15-10)16-7-5-12(3-4-12)6-8-16;13-10(14)8-2-1-3-9(11-8)12-4-6-15-7-5-12;1-2-7(1)3-5-8-6-4-7;6-4-2-1-3(9(10)11)5(7)8-4/h1-5H,6-16H2;1-5,10H,6-9,11-17H2;1-2H,3-8H2;1-2H,3-8,14H2;1-3H,4-7H2,(H,13,14);8H,1-6H2;1-2H. The van der Waals surface area contributed by atoms with E-state index < -0.39 is 10.9 Å². The number of carboxylic acids is 1. The largest absolute Gasteiger partial charge is 0.477 e. The van der Waals surface area contributed by atoms with Crippen molar-refractivity contribution in [2.45, 2.75) is 141 Å². The fraction of sp³-hybridized carbons (Fsp3) is 0.533. The van der Waals surface area contributed by atoms with E-state index in [1.165, 1.54) is 159 Å². The second-order valence-electron chi connectivity index (χ2n) is 35.7. The summed E-state index contributed by atoms with van der Waals surface area (Å²) in [6.07, 6.45) is 29.0. The predicted octanol–water partition coefficient (Wildman–Crippen LogP) is 16.7. The first-order valence-corrected chi connectivity index (χ1v) is 46.5. The van der Waals surface area contributed by atoms with Crippen LogP contribution in [0.4, 0.5) is 57.8 Å². The molecule has 16 heterocycles. The zero-order valence-electron chi connectivity index (χ0n) is 71.8. The van der Waals surface area contributed by atoms with Crippen LogP contribution in [-0.2, 0) is 27.1 Å². The Bertz CT molecular complexity index is 5130. The predicted molar refractivity (Wildman–Crippen MR) is 495 cm³/mol. The first kappa shape index (κ1) is 92.2. The van der Waals surface area contributed by atoms with Crippen molar-refractivity contribution < 1.29 is 43.5 Å². The number of hydrogen-bond donors (Lipinski definition) is 3. The monoisotopic (exact) mass is 1830 g/mol. The number of nitrogens with one attached hydrogen (secondary N) is 1. The maximum Gasteiger partial charge on any atom is 0.354 e. The number of pyridine rings is 8. The molecule has 5 spiro atoms. The van der Waals surface area contributed by atoms with Gasteiger partial charge in [0.1, 0.15) is 61.1 Å². The van der Waals surface area contributed by atoms with Gasteiger partial charge in [-0.15, -0.1) is 0 Å². The summed E-state index contributed by atoms with van der Waals surface area (Å²) < 4.78 is 16.0. The number of nitro groups is 2. The van der Waals surface area contributed by atoms with E-state index in [1.54, 1.807) is 24.3 Å². The maximum absolute atomic E-state index is 13.1. The van der Waals surface area contributed by atoms with Gasteiger partial charge in [-0.1, -0.05) is 88.3 Å². The van der Waals surface area contributed by atoms with Crippen molar-refractivity contribution in [2.75, 3.05) is 184 Å². The minimum Gasteiger partial charge on any atom is -0.477 e. The number of nitrogens with zero attached hydrogens (tertiary/aromatic N) is 17. The summed E-state index contributed by atoms with van der Waals surface area (Å²) in [6.45, 7) is 19.3. The minimum atomic E-state index is -0.995. The first-order chi connectivity index (χ1) is 61.4. The summed E-state index contributed by atoms with van der Waals surface area (Å²) in [5, 5.41) is 34.6. The van der Waals surface area contributed by atoms with Gasteiger partial charge in [-0.3, -0.25) is 29.8 Å². The molecule has 13 aliphatic rings. The molecule has 30 nitrogen and oxygen atoms in total. The molecule has 0 radical (unpaired) electrons. The molecule has 8 aromatic heterocycles. The Labute approximate surface area is 765 Å². The number of aromatic carboxylic acids is 1. The van der Waals surface area contributed by atoms with Crippen molar-refractivity contribution in [3.05, 3.63) is 196 Å². The second kappa shape index (κ2) is 41.9. The second-order valence-corrected chi connectivity index (χ2v) is 37.6. The number of carbonyl (C=O) groups is 3. The molecule has 5 saturated carbocycles. The number of nitrogen functional groups attached to an aromatic ring is 1. The van der Waals surface area contributed by atoms with Gasteiger partial charge in [-0.05, 0) is 241 Å². The fourth-order valence-corrected chi connectivity index (χ4v) is 18.8. The molecule has 8 saturated heterocycles. The normalized spacial score (nSPS) is 20.2. The van der Waals surface area contributed by atoms with Crippen molar-refractivity contribution in [3.8, 4) is 0 Å². The van der Waals surface area contributed by atoms with Gasteiger partial charge in [-0.2, -0.15) is 0 Å². The molecule has 21 rings (SSSR count). The zero-order valence-corrected chi connectivity index (χ0v) is 75.5. The Morgan fingerprint density at radius 3 is 1.11 bits per heavy atom. The van der Waals surface area contributed by atoms with Crippen molar-refractivity contribution in [3.63, 3.8) is 0 Å². The highest BCUT2D eigenvalue weighted by Gasteiger charge is 2.49. The summed E-state index contributed by atoms with van der Waals surface area (Å²) in [5.74, 6) is 4.57. The average Bonchev–Trinajstić information content (AvgIpc) is 1.56. The van der Waals surface area contributed by atoms with Gasteiger partial charge in [0.05, 0.1) is 55.2 Å². The number of ether oxygens (including phenoxy) is 3. The van der Waals surface area contributed by atoms with Crippen LogP contribution >= 0.6 is 58.0 Å². The average molecular weight is 1840 g/mol. The van der Waals surface area contributed by atoms with Crippen LogP contribution in [0.5, 0.6) is 0 Å². The first-order valence-electron chi connectivity index (χ1n) is 44.6. The molecule has 5 aliphatic carbocycles. The lowest BCUT2D eigenvalue weighted by Crippen LogP contribution is -2.37. The molecular weight excluding hydrogens is 1720 g/mol.